The van der Waals surface area contributed by atoms with Crippen LogP contribution in [0.5, 0.6) is 5.75 Å². The van der Waals surface area contributed by atoms with Gasteiger partial charge in [-0.05, 0) is 41.3 Å². The van der Waals surface area contributed by atoms with Crippen LogP contribution in [0.25, 0.3) is 0 Å². The quantitative estimate of drug-likeness (QED) is 0.644. The van der Waals surface area contributed by atoms with Gasteiger partial charge in [0.2, 0.25) is 0 Å². The zero-order valence-electron chi connectivity index (χ0n) is 8.83. The lowest BCUT2D eigenvalue weighted by atomic mass is 10.2. The molecule has 1 aromatic heterocycles. The summed E-state index contributed by atoms with van der Waals surface area (Å²) in [4.78, 5) is 12.1. The summed E-state index contributed by atoms with van der Waals surface area (Å²) in [7, 11) is 0. The van der Waals surface area contributed by atoms with Gasteiger partial charge in [-0.1, -0.05) is 6.07 Å². The second-order valence-corrected chi connectivity index (χ2v) is 4.22. The molecule has 0 spiro atoms. The predicted octanol–water partition coefficient (Wildman–Crippen LogP) is 2.22. The summed E-state index contributed by atoms with van der Waals surface area (Å²) >= 11 is 1.36. The van der Waals surface area contributed by atoms with Gasteiger partial charge in [-0.15, -0.1) is 11.3 Å². The normalized spacial score (nSPS) is 10.6. The molecule has 2 rings (SSSR count). The molecule has 0 saturated heterocycles. The van der Waals surface area contributed by atoms with Gasteiger partial charge < -0.3 is 5.11 Å². The Morgan fingerprint density at radius 3 is 2.71 bits per heavy atom. The SMILES string of the molecule is O=C(N/N=C\c1ccc(O)cc1)c1cccs1. The Bertz CT molecular complexity index is 518. The highest BCUT2D eigenvalue weighted by Crippen LogP contribution is 2.08. The first-order chi connectivity index (χ1) is 8.25. The van der Waals surface area contributed by atoms with Crippen LogP contribution in [0.4, 0.5) is 0 Å². The molecule has 5 heteroatoms. The number of hydrogen-bond donors (Lipinski definition) is 2. The fourth-order valence-corrected chi connectivity index (χ4v) is 1.80. The fraction of sp³-hybridized carbons (Fsp3) is 0. The fourth-order valence-electron chi connectivity index (χ4n) is 1.19. The van der Waals surface area contributed by atoms with E-state index >= 15 is 0 Å². The van der Waals surface area contributed by atoms with E-state index in [-0.39, 0.29) is 11.7 Å². The van der Waals surface area contributed by atoms with Gasteiger partial charge in [0.05, 0.1) is 11.1 Å². The molecular formula is C12H10N2O2S. The third-order valence-corrected chi connectivity index (χ3v) is 2.89. The molecule has 0 aliphatic heterocycles. The van der Waals surface area contributed by atoms with Gasteiger partial charge in [-0.3, -0.25) is 4.79 Å². The Labute approximate surface area is 102 Å². The van der Waals surface area contributed by atoms with Crippen molar-refractivity contribution >= 4 is 23.5 Å². The van der Waals surface area contributed by atoms with Crippen molar-refractivity contribution in [2.45, 2.75) is 0 Å². The van der Waals surface area contributed by atoms with E-state index in [0.29, 0.717) is 4.88 Å². The third-order valence-electron chi connectivity index (χ3n) is 2.02. The number of hydrogen-bond acceptors (Lipinski definition) is 4. The molecule has 0 unspecified atom stereocenters. The lowest BCUT2D eigenvalue weighted by Crippen LogP contribution is -2.16. The Balaban J connectivity index is 1.94. The van der Waals surface area contributed by atoms with Gasteiger partial charge in [0.25, 0.3) is 5.91 Å². The average Bonchev–Trinajstić information content (AvgIpc) is 2.85. The maximum absolute atomic E-state index is 11.5. The van der Waals surface area contributed by atoms with Crippen molar-refractivity contribution in [3.8, 4) is 5.75 Å². The number of hydrazone groups is 1. The van der Waals surface area contributed by atoms with Crippen LogP contribution in [0.15, 0.2) is 46.9 Å². The molecule has 4 nitrogen and oxygen atoms in total. The third kappa shape index (κ3) is 3.15. The number of nitrogens with zero attached hydrogens (tertiary/aromatic N) is 1. The van der Waals surface area contributed by atoms with Crippen LogP contribution in [-0.4, -0.2) is 17.2 Å². The summed E-state index contributed by atoms with van der Waals surface area (Å²) in [6, 6.07) is 10.1. The van der Waals surface area contributed by atoms with E-state index in [9.17, 15) is 4.79 Å². The van der Waals surface area contributed by atoms with Crippen molar-refractivity contribution < 1.29 is 9.90 Å². The molecule has 86 valence electrons. The molecule has 1 aromatic carbocycles. The van der Waals surface area contributed by atoms with Crippen LogP contribution in [0, 0.1) is 0 Å². The van der Waals surface area contributed by atoms with Crippen molar-refractivity contribution in [1.29, 1.82) is 0 Å². The molecule has 17 heavy (non-hydrogen) atoms. The molecule has 0 radical (unpaired) electrons. The van der Waals surface area contributed by atoms with Crippen LogP contribution in [0.1, 0.15) is 15.2 Å². The molecule has 0 saturated carbocycles. The predicted molar refractivity (Wildman–Crippen MR) is 67.5 cm³/mol. The summed E-state index contributed by atoms with van der Waals surface area (Å²) in [5.41, 5.74) is 3.23. The monoisotopic (exact) mass is 246 g/mol. The zero-order chi connectivity index (χ0) is 12.1. The van der Waals surface area contributed by atoms with E-state index in [1.165, 1.54) is 17.6 Å². The average molecular weight is 246 g/mol. The van der Waals surface area contributed by atoms with Crippen LogP contribution in [0.3, 0.4) is 0 Å². The van der Waals surface area contributed by atoms with Crippen LogP contribution in [-0.2, 0) is 0 Å². The van der Waals surface area contributed by atoms with Gasteiger partial charge in [0.15, 0.2) is 0 Å². The minimum absolute atomic E-state index is 0.199. The molecule has 0 aliphatic carbocycles. The summed E-state index contributed by atoms with van der Waals surface area (Å²) in [6.45, 7) is 0. The van der Waals surface area contributed by atoms with E-state index in [0.717, 1.165) is 5.56 Å². The van der Waals surface area contributed by atoms with Crippen LogP contribution in [0.2, 0.25) is 0 Å². The Hall–Kier alpha value is -2.14. The summed E-state index contributed by atoms with van der Waals surface area (Å²) in [6.07, 6.45) is 1.52. The summed E-state index contributed by atoms with van der Waals surface area (Å²) in [5.74, 6) is -0.0280. The number of thiophene rings is 1. The van der Waals surface area contributed by atoms with E-state index in [1.54, 1.807) is 30.3 Å². The molecule has 0 bridgehead atoms. The summed E-state index contributed by atoms with van der Waals surface area (Å²) < 4.78 is 0. The molecule has 2 N–H and O–H groups in total. The van der Waals surface area contributed by atoms with Gasteiger partial charge in [0, 0.05) is 0 Å². The Morgan fingerprint density at radius 1 is 1.29 bits per heavy atom. The number of amides is 1. The topological polar surface area (TPSA) is 61.7 Å². The standard InChI is InChI=1S/C12H10N2O2S/c15-10-5-3-9(4-6-10)8-13-14-12(16)11-2-1-7-17-11/h1-8,15H,(H,14,16)/b13-8-. The van der Waals surface area contributed by atoms with Crippen LogP contribution < -0.4 is 5.43 Å². The molecule has 2 aromatic rings. The number of benzene rings is 1. The smallest absolute Gasteiger partial charge is 0.281 e. The van der Waals surface area contributed by atoms with Gasteiger partial charge in [-0.25, -0.2) is 5.43 Å². The van der Waals surface area contributed by atoms with Crippen molar-refractivity contribution in [3.63, 3.8) is 0 Å². The van der Waals surface area contributed by atoms with Gasteiger partial charge in [-0.2, -0.15) is 5.10 Å². The zero-order valence-corrected chi connectivity index (χ0v) is 9.65. The first-order valence-corrected chi connectivity index (χ1v) is 5.79. The highest BCUT2D eigenvalue weighted by atomic mass is 32.1. The van der Waals surface area contributed by atoms with E-state index in [4.69, 9.17) is 5.11 Å². The first-order valence-electron chi connectivity index (χ1n) is 4.91. The number of phenolic OH excluding ortho intramolecular Hbond substituents is 1. The maximum atomic E-state index is 11.5. The second-order valence-electron chi connectivity index (χ2n) is 3.27. The van der Waals surface area contributed by atoms with E-state index in [1.807, 2.05) is 11.4 Å². The number of aromatic hydroxyl groups is 1. The molecule has 1 heterocycles. The number of carbonyl (C=O) groups excluding carboxylic acids is 1. The van der Waals surface area contributed by atoms with E-state index < -0.39 is 0 Å². The van der Waals surface area contributed by atoms with Crippen molar-refractivity contribution in [3.05, 3.63) is 52.2 Å². The number of phenols is 1. The minimum atomic E-state index is -0.227. The molecule has 1 amide bonds. The highest BCUT2D eigenvalue weighted by molar-refractivity contribution is 7.12. The minimum Gasteiger partial charge on any atom is -0.508 e. The molecule has 0 aliphatic rings. The van der Waals surface area contributed by atoms with Crippen molar-refractivity contribution in [1.82, 2.24) is 5.43 Å². The van der Waals surface area contributed by atoms with Crippen molar-refractivity contribution in [2.24, 2.45) is 5.10 Å². The van der Waals surface area contributed by atoms with Gasteiger partial charge >= 0.3 is 0 Å². The summed E-state index contributed by atoms with van der Waals surface area (Å²) in [5, 5.41) is 14.7. The lowest BCUT2D eigenvalue weighted by Gasteiger charge is -1.96. The molecule has 0 fully saturated rings. The van der Waals surface area contributed by atoms with Gasteiger partial charge in [0.1, 0.15) is 5.75 Å². The Kier molecular flexibility index (Phi) is 3.52. The largest absolute Gasteiger partial charge is 0.508 e. The molecular weight excluding hydrogens is 236 g/mol. The second kappa shape index (κ2) is 5.27. The Morgan fingerprint density at radius 2 is 2.06 bits per heavy atom. The van der Waals surface area contributed by atoms with E-state index in [2.05, 4.69) is 10.5 Å². The lowest BCUT2D eigenvalue weighted by molar-refractivity contribution is 0.0959. The molecule has 0 atom stereocenters. The highest BCUT2D eigenvalue weighted by Gasteiger charge is 2.03. The number of carbonyl (C=O) groups is 1. The van der Waals surface area contributed by atoms with Crippen LogP contribution >= 0.6 is 11.3 Å². The number of nitrogens with one attached hydrogen (secondary N) is 1. The van der Waals surface area contributed by atoms with Crippen molar-refractivity contribution in [2.75, 3.05) is 0 Å². The first kappa shape index (κ1) is 11.3. The maximum Gasteiger partial charge on any atom is 0.281 e. The number of rotatable bonds is 3.